The van der Waals surface area contributed by atoms with Crippen LogP contribution in [0.5, 0.6) is 0 Å². The van der Waals surface area contributed by atoms with Crippen molar-refractivity contribution in [3.8, 4) is 0 Å². The lowest BCUT2D eigenvalue weighted by atomic mass is 9.82. The lowest BCUT2D eigenvalue weighted by Gasteiger charge is -2.30. The first-order valence-corrected chi connectivity index (χ1v) is 7.70. The zero-order chi connectivity index (χ0) is 16.4. The average Bonchev–Trinajstić information content (AvgIpc) is 2.75. The number of halogens is 1. The predicted octanol–water partition coefficient (Wildman–Crippen LogP) is 2.02. The van der Waals surface area contributed by atoms with Crippen LogP contribution in [0.1, 0.15) is 32.1 Å². The summed E-state index contributed by atoms with van der Waals surface area (Å²) in [7, 11) is 0. The Labute approximate surface area is 133 Å². The van der Waals surface area contributed by atoms with E-state index in [1.165, 1.54) is 18.2 Å². The smallest absolute Gasteiger partial charge is 0.323 e. The molecule has 3 rings (SSSR count). The molecule has 7 heteroatoms. The van der Waals surface area contributed by atoms with Crippen molar-refractivity contribution in [2.45, 2.75) is 37.6 Å². The van der Waals surface area contributed by atoms with Crippen LogP contribution in [-0.2, 0) is 9.59 Å². The summed E-state index contributed by atoms with van der Waals surface area (Å²) in [6.07, 6.45) is 3.99. The molecular weight excluding hydrogens is 301 g/mol. The monoisotopic (exact) mass is 319 g/mol. The van der Waals surface area contributed by atoms with Gasteiger partial charge in [0.1, 0.15) is 17.9 Å². The number of amides is 4. The first kappa shape index (κ1) is 15.5. The fraction of sp³-hybridized carbons (Fsp3) is 0.438. The van der Waals surface area contributed by atoms with Crippen LogP contribution in [-0.4, -0.2) is 34.8 Å². The van der Waals surface area contributed by atoms with Crippen molar-refractivity contribution in [3.63, 3.8) is 0 Å². The second-order valence-electron chi connectivity index (χ2n) is 5.99. The minimum absolute atomic E-state index is 0.0249. The summed E-state index contributed by atoms with van der Waals surface area (Å²) in [5.74, 6) is -1.53. The van der Waals surface area contributed by atoms with Gasteiger partial charge in [0.05, 0.1) is 5.69 Å². The van der Waals surface area contributed by atoms with E-state index in [1.807, 2.05) is 0 Å². The van der Waals surface area contributed by atoms with Crippen molar-refractivity contribution < 1.29 is 18.8 Å². The van der Waals surface area contributed by atoms with Gasteiger partial charge in [0.25, 0.3) is 5.91 Å². The molecule has 6 nitrogen and oxygen atoms in total. The maximum Gasteiger partial charge on any atom is 0.325 e. The summed E-state index contributed by atoms with van der Waals surface area (Å²) in [5.41, 5.74) is -0.829. The zero-order valence-corrected chi connectivity index (χ0v) is 12.6. The highest BCUT2D eigenvalue weighted by Gasteiger charge is 2.51. The van der Waals surface area contributed by atoms with Gasteiger partial charge in [-0.25, -0.2) is 9.18 Å². The van der Waals surface area contributed by atoms with Crippen LogP contribution in [0, 0.1) is 5.82 Å². The number of hydrogen-bond acceptors (Lipinski definition) is 3. The van der Waals surface area contributed by atoms with Crippen molar-refractivity contribution in [1.82, 2.24) is 10.2 Å². The maximum atomic E-state index is 13.5. The highest BCUT2D eigenvalue weighted by molar-refractivity contribution is 6.10. The summed E-state index contributed by atoms with van der Waals surface area (Å²) >= 11 is 0. The molecule has 2 N–H and O–H groups in total. The SMILES string of the molecule is O=C(CN1C(=O)NC2(CCCCC2)C1=O)Nc1ccccc1F. The maximum absolute atomic E-state index is 13.5. The predicted molar refractivity (Wildman–Crippen MR) is 81.1 cm³/mol. The quantitative estimate of drug-likeness (QED) is 0.837. The molecule has 1 spiro atoms. The first-order chi connectivity index (χ1) is 11.0. The highest BCUT2D eigenvalue weighted by atomic mass is 19.1. The Bertz CT molecular complexity index is 656. The Kier molecular flexibility index (Phi) is 4.02. The van der Waals surface area contributed by atoms with E-state index in [2.05, 4.69) is 10.6 Å². The van der Waals surface area contributed by atoms with E-state index in [9.17, 15) is 18.8 Å². The van der Waals surface area contributed by atoms with Gasteiger partial charge in [-0.05, 0) is 25.0 Å². The molecule has 2 fully saturated rings. The molecule has 1 aliphatic heterocycles. The molecule has 4 amide bonds. The number of nitrogens with zero attached hydrogens (tertiary/aromatic N) is 1. The number of carbonyl (C=O) groups is 3. The summed E-state index contributed by atoms with van der Waals surface area (Å²) < 4.78 is 13.5. The third kappa shape index (κ3) is 2.91. The first-order valence-electron chi connectivity index (χ1n) is 7.70. The Morgan fingerprint density at radius 1 is 1.22 bits per heavy atom. The van der Waals surface area contributed by atoms with Gasteiger partial charge in [-0.3, -0.25) is 14.5 Å². The molecular formula is C16H18FN3O3. The molecule has 2 aliphatic rings. The van der Waals surface area contributed by atoms with Gasteiger partial charge in [0, 0.05) is 0 Å². The molecule has 0 radical (unpaired) electrons. The molecule has 0 unspecified atom stereocenters. The van der Waals surface area contributed by atoms with Crippen molar-refractivity contribution >= 4 is 23.5 Å². The highest BCUT2D eigenvalue weighted by Crippen LogP contribution is 2.33. The number of carbonyl (C=O) groups excluding carboxylic acids is 3. The molecule has 1 aromatic carbocycles. The number of anilines is 1. The van der Waals surface area contributed by atoms with Gasteiger partial charge in [0.15, 0.2) is 0 Å². The Morgan fingerprint density at radius 2 is 1.91 bits per heavy atom. The van der Waals surface area contributed by atoms with Crippen molar-refractivity contribution in [2.75, 3.05) is 11.9 Å². The van der Waals surface area contributed by atoms with Gasteiger partial charge in [-0.2, -0.15) is 0 Å². The number of urea groups is 1. The van der Waals surface area contributed by atoms with Crippen LogP contribution in [0.4, 0.5) is 14.9 Å². The lowest BCUT2D eigenvalue weighted by Crippen LogP contribution is -2.48. The molecule has 1 heterocycles. The summed E-state index contributed by atoms with van der Waals surface area (Å²) in [6.45, 7) is -0.416. The number of imide groups is 1. The Balaban J connectivity index is 1.68. The second kappa shape index (κ2) is 5.98. The summed E-state index contributed by atoms with van der Waals surface area (Å²) in [6, 6.07) is 5.18. The van der Waals surface area contributed by atoms with Crippen LogP contribution < -0.4 is 10.6 Å². The zero-order valence-electron chi connectivity index (χ0n) is 12.6. The Morgan fingerprint density at radius 3 is 2.61 bits per heavy atom. The van der Waals surface area contributed by atoms with E-state index in [-0.39, 0.29) is 11.6 Å². The fourth-order valence-electron chi connectivity index (χ4n) is 3.21. The summed E-state index contributed by atoms with van der Waals surface area (Å²) in [5, 5.41) is 5.11. The fourth-order valence-corrected chi connectivity index (χ4v) is 3.21. The van der Waals surface area contributed by atoms with E-state index < -0.39 is 29.8 Å². The number of para-hydroxylation sites is 1. The number of benzene rings is 1. The van der Waals surface area contributed by atoms with Crippen molar-refractivity contribution in [1.29, 1.82) is 0 Å². The minimum Gasteiger partial charge on any atom is -0.323 e. The molecule has 0 aromatic heterocycles. The van der Waals surface area contributed by atoms with Gasteiger partial charge in [0.2, 0.25) is 5.91 Å². The molecule has 0 bridgehead atoms. The Hall–Kier alpha value is -2.44. The van der Waals surface area contributed by atoms with Crippen LogP contribution in [0.3, 0.4) is 0 Å². The number of rotatable bonds is 3. The minimum atomic E-state index is -0.854. The largest absolute Gasteiger partial charge is 0.325 e. The van der Waals surface area contributed by atoms with E-state index in [4.69, 9.17) is 0 Å². The molecule has 1 saturated heterocycles. The van der Waals surface area contributed by atoms with Crippen LogP contribution in [0.2, 0.25) is 0 Å². The molecule has 122 valence electrons. The van der Waals surface area contributed by atoms with Crippen molar-refractivity contribution in [2.24, 2.45) is 0 Å². The topological polar surface area (TPSA) is 78.5 Å². The van der Waals surface area contributed by atoms with Gasteiger partial charge in [-0.15, -0.1) is 0 Å². The van der Waals surface area contributed by atoms with E-state index >= 15 is 0 Å². The van der Waals surface area contributed by atoms with Gasteiger partial charge in [-0.1, -0.05) is 31.4 Å². The van der Waals surface area contributed by atoms with Crippen LogP contribution in [0.15, 0.2) is 24.3 Å². The van der Waals surface area contributed by atoms with E-state index in [0.29, 0.717) is 12.8 Å². The molecule has 1 saturated carbocycles. The molecule has 23 heavy (non-hydrogen) atoms. The second-order valence-corrected chi connectivity index (χ2v) is 5.99. The van der Waals surface area contributed by atoms with E-state index in [0.717, 1.165) is 24.2 Å². The third-order valence-electron chi connectivity index (χ3n) is 4.40. The van der Waals surface area contributed by atoms with Crippen LogP contribution in [0.25, 0.3) is 0 Å². The average molecular weight is 319 g/mol. The molecule has 0 atom stereocenters. The summed E-state index contributed by atoms with van der Waals surface area (Å²) in [4.78, 5) is 37.5. The van der Waals surface area contributed by atoms with Crippen LogP contribution >= 0.6 is 0 Å². The third-order valence-corrected chi connectivity index (χ3v) is 4.40. The van der Waals surface area contributed by atoms with Crippen molar-refractivity contribution in [3.05, 3.63) is 30.1 Å². The lowest BCUT2D eigenvalue weighted by molar-refractivity contribution is -0.134. The number of nitrogens with one attached hydrogen (secondary N) is 2. The normalized spacial score (nSPS) is 19.8. The van der Waals surface area contributed by atoms with E-state index in [1.54, 1.807) is 6.07 Å². The molecule has 1 aliphatic carbocycles. The van der Waals surface area contributed by atoms with Gasteiger partial charge < -0.3 is 10.6 Å². The van der Waals surface area contributed by atoms with Gasteiger partial charge >= 0.3 is 6.03 Å². The molecule has 1 aromatic rings. The number of hydrogen-bond donors (Lipinski definition) is 2. The standard InChI is InChI=1S/C16H18FN3O3/c17-11-6-2-3-7-12(11)18-13(21)10-20-14(22)16(19-15(20)23)8-4-1-5-9-16/h2-3,6-7H,1,4-5,8-10H2,(H,18,21)(H,19,23).